The van der Waals surface area contributed by atoms with Crippen molar-refractivity contribution in [2.24, 2.45) is 0 Å². The maximum atomic E-state index is 12.3. The maximum Gasteiger partial charge on any atom is 0.408 e. The van der Waals surface area contributed by atoms with Gasteiger partial charge < -0.3 is 15.0 Å². The second kappa shape index (κ2) is 6.96. The largest absolute Gasteiger partial charge is 0.444 e. The van der Waals surface area contributed by atoms with Gasteiger partial charge in [0, 0.05) is 29.9 Å². The molecule has 6 heteroatoms. The van der Waals surface area contributed by atoms with Crippen LogP contribution in [0.1, 0.15) is 63.3 Å². The monoisotopic (exact) mass is 406 g/mol. The molecular formula is C24H30N4O2. The summed E-state index contributed by atoms with van der Waals surface area (Å²) < 4.78 is 5.46. The van der Waals surface area contributed by atoms with Crippen molar-refractivity contribution in [1.82, 2.24) is 15.3 Å². The van der Waals surface area contributed by atoms with E-state index in [4.69, 9.17) is 14.7 Å². The SMILES string of the molecule is CC(C)(C)OC(=O)NC1(c2ccc(-c3nc(N4CCC4)nc4c3CCC4)cc2)CC1. The Hall–Kier alpha value is -2.63. The molecule has 1 aliphatic heterocycles. The molecule has 30 heavy (non-hydrogen) atoms. The van der Waals surface area contributed by atoms with E-state index in [1.807, 2.05) is 20.8 Å². The third kappa shape index (κ3) is 3.64. The van der Waals surface area contributed by atoms with Gasteiger partial charge in [0.1, 0.15) is 5.60 Å². The lowest BCUT2D eigenvalue weighted by Crippen LogP contribution is -2.39. The van der Waals surface area contributed by atoms with Crippen molar-refractivity contribution in [3.05, 3.63) is 41.1 Å². The van der Waals surface area contributed by atoms with E-state index in [-0.39, 0.29) is 11.6 Å². The van der Waals surface area contributed by atoms with Gasteiger partial charge in [0.05, 0.1) is 11.2 Å². The number of carbonyl (C=O) groups is 1. The second-order valence-corrected chi connectivity index (χ2v) is 9.78. The van der Waals surface area contributed by atoms with Crippen LogP contribution in [0.4, 0.5) is 10.7 Å². The summed E-state index contributed by atoms with van der Waals surface area (Å²) in [6, 6.07) is 8.55. The number of alkyl carbamates (subject to hydrolysis) is 1. The lowest BCUT2D eigenvalue weighted by Gasteiger charge is -2.31. The highest BCUT2D eigenvalue weighted by Gasteiger charge is 2.46. The Morgan fingerprint density at radius 1 is 1.07 bits per heavy atom. The molecule has 1 N–H and O–H groups in total. The first kappa shape index (κ1) is 19.3. The average molecular weight is 407 g/mol. The number of hydrogen-bond acceptors (Lipinski definition) is 5. The van der Waals surface area contributed by atoms with Gasteiger partial charge in [0.2, 0.25) is 5.95 Å². The van der Waals surface area contributed by atoms with Crippen LogP contribution in [0.5, 0.6) is 0 Å². The number of nitrogens with zero attached hydrogens (tertiary/aromatic N) is 3. The summed E-state index contributed by atoms with van der Waals surface area (Å²) in [4.78, 5) is 24.3. The van der Waals surface area contributed by atoms with Gasteiger partial charge in [-0.05, 0) is 64.9 Å². The molecule has 1 aromatic heterocycles. The van der Waals surface area contributed by atoms with E-state index in [2.05, 4.69) is 34.5 Å². The molecule has 2 aromatic rings. The summed E-state index contributed by atoms with van der Waals surface area (Å²) in [6.45, 7) is 7.76. The lowest BCUT2D eigenvalue weighted by molar-refractivity contribution is 0.0495. The Morgan fingerprint density at radius 3 is 2.40 bits per heavy atom. The Balaban J connectivity index is 1.39. The van der Waals surface area contributed by atoms with E-state index in [1.54, 1.807) is 0 Å². The number of hydrogen-bond donors (Lipinski definition) is 1. The van der Waals surface area contributed by atoms with Crippen LogP contribution < -0.4 is 10.2 Å². The van der Waals surface area contributed by atoms with Gasteiger partial charge >= 0.3 is 6.09 Å². The number of fused-ring (bicyclic) bond motifs is 1. The minimum atomic E-state index is -0.494. The summed E-state index contributed by atoms with van der Waals surface area (Å²) in [5.74, 6) is 0.881. The number of nitrogens with one attached hydrogen (secondary N) is 1. The Morgan fingerprint density at radius 2 is 1.80 bits per heavy atom. The summed E-state index contributed by atoms with van der Waals surface area (Å²) in [5, 5.41) is 3.09. The van der Waals surface area contributed by atoms with Gasteiger partial charge in [-0.15, -0.1) is 0 Å². The summed E-state index contributed by atoms with van der Waals surface area (Å²) >= 11 is 0. The van der Waals surface area contributed by atoms with E-state index < -0.39 is 5.60 Å². The Bertz CT molecular complexity index is 970. The molecule has 0 spiro atoms. The first-order valence-electron chi connectivity index (χ1n) is 11.1. The Kier molecular flexibility index (Phi) is 4.49. The quantitative estimate of drug-likeness (QED) is 0.817. The van der Waals surface area contributed by atoms with E-state index in [0.717, 1.165) is 68.0 Å². The van der Waals surface area contributed by atoms with E-state index in [9.17, 15) is 4.79 Å². The van der Waals surface area contributed by atoms with Crippen LogP contribution in [0.3, 0.4) is 0 Å². The topological polar surface area (TPSA) is 67.3 Å². The number of aryl methyl sites for hydroxylation is 1. The normalized spacial score (nSPS) is 19.1. The fourth-order valence-corrected chi connectivity index (χ4v) is 4.37. The molecule has 5 rings (SSSR count). The maximum absolute atomic E-state index is 12.3. The van der Waals surface area contributed by atoms with Gasteiger partial charge in [-0.3, -0.25) is 0 Å². The molecule has 2 aliphatic carbocycles. The third-order valence-electron chi connectivity index (χ3n) is 6.26. The number of carbonyl (C=O) groups excluding carboxylic acids is 1. The molecule has 1 amide bonds. The molecule has 1 aromatic carbocycles. The number of anilines is 1. The molecule has 6 nitrogen and oxygen atoms in total. The zero-order chi connectivity index (χ0) is 20.9. The minimum Gasteiger partial charge on any atom is -0.444 e. The molecule has 1 saturated heterocycles. The van der Waals surface area contributed by atoms with Crippen LogP contribution in [0.15, 0.2) is 24.3 Å². The minimum absolute atomic E-state index is 0.294. The summed E-state index contributed by atoms with van der Waals surface area (Å²) in [6.07, 6.45) is 6.00. The van der Waals surface area contributed by atoms with Gasteiger partial charge in [-0.1, -0.05) is 24.3 Å². The van der Waals surface area contributed by atoms with Crippen molar-refractivity contribution < 1.29 is 9.53 Å². The zero-order valence-corrected chi connectivity index (χ0v) is 18.1. The molecule has 158 valence electrons. The van der Waals surface area contributed by atoms with Gasteiger partial charge in [-0.2, -0.15) is 0 Å². The molecule has 0 bridgehead atoms. The number of amides is 1. The lowest BCUT2D eigenvalue weighted by atomic mass is 9.99. The predicted octanol–water partition coefficient (Wildman–Crippen LogP) is 4.36. The predicted molar refractivity (Wildman–Crippen MR) is 117 cm³/mol. The third-order valence-corrected chi connectivity index (χ3v) is 6.26. The second-order valence-electron chi connectivity index (χ2n) is 9.78. The zero-order valence-electron chi connectivity index (χ0n) is 18.1. The van der Waals surface area contributed by atoms with Crippen molar-refractivity contribution in [3.8, 4) is 11.3 Å². The van der Waals surface area contributed by atoms with E-state index >= 15 is 0 Å². The molecule has 2 heterocycles. The smallest absolute Gasteiger partial charge is 0.408 e. The van der Waals surface area contributed by atoms with Gasteiger partial charge in [0.25, 0.3) is 0 Å². The first-order chi connectivity index (χ1) is 14.3. The van der Waals surface area contributed by atoms with Crippen molar-refractivity contribution in [2.75, 3.05) is 18.0 Å². The summed E-state index contributed by atoms with van der Waals surface area (Å²) in [5.41, 5.74) is 5.08. The molecule has 0 unspecified atom stereocenters. The van der Waals surface area contributed by atoms with Gasteiger partial charge in [0.15, 0.2) is 0 Å². The average Bonchev–Trinajstić information content (AvgIpc) is 3.25. The molecule has 0 radical (unpaired) electrons. The number of aromatic nitrogens is 2. The van der Waals surface area contributed by atoms with Crippen LogP contribution in [0, 0.1) is 0 Å². The highest BCUT2D eigenvalue weighted by Crippen LogP contribution is 2.46. The van der Waals surface area contributed by atoms with Crippen LogP contribution in [-0.2, 0) is 23.1 Å². The van der Waals surface area contributed by atoms with Crippen LogP contribution >= 0.6 is 0 Å². The van der Waals surface area contributed by atoms with Crippen molar-refractivity contribution in [1.29, 1.82) is 0 Å². The Labute approximate surface area is 178 Å². The standard InChI is InChI=1S/C24H30N4O2/c1-23(2,3)30-22(29)27-24(12-13-24)17-10-8-16(9-11-17)20-18-6-4-7-19(18)25-21(26-20)28-14-5-15-28/h8-11H,4-7,12-15H2,1-3H3,(H,27,29). The molecule has 3 aliphatic rings. The number of benzene rings is 1. The fourth-order valence-electron chi connectivity index (χ4n) is 4.37. The van der Waals surface area contributed by atoms with Crippen LogP contribution in [0.2, 0.25) is 0 Å². The van der Waals surface area contributed by atoms with Gasteiger partial charge in [-0.25, -0.2) is 14.8 Å². The number of rotatable bonds is 4. The van der Waals surface area contributed by atoms with Crippen molar-refractivity contribution in [2.45, 2.75) is 70.4 Å². The fraction of sp³-hybridized carbons (Fsp3) is 0.542. The van der Waals surface area contributed by atoms with Crippen molar-refractivity contribution in [3.63, 3.8) is 0 Å². The summed E-state index contributed by atoms with van der Waals surface area (Å²) in [7, 11) is 0. The molecule has 0 atom stereocenters. The number of ether oxygens (including phenoxy) is 1. The first-order valence-corrected chi connectivity index (χ1v) is 11.1. The molecule has 1 saturated carbocycles. The van der Waals surface area contributed by atoms with Crippen LogP contribution in [0.25, 0.3) is 11.3 Å². The van der Waals surface area contributed by atoms with Crippen molar-refractivity contribution >= 4 is 12.0 Å². The molecular weight excluding hydrogens is 376 g/mol. The highest BCUT2D eigenvalue weighted by atomic mass is 16.6. The highest BCUT2D eigenvalue weighted by molar-refractivity contribution is 5.71. The molecule has 2 fully saturated rings. The van der Waals surface area contributed by atoms with Crippen LogP contribution in [-0.4, -0.2) is 34.8 Å². The van der Waals surface area contributed by atoms with E-state index in [0.29, 0.717) is 0 Å². The van der Waals surface area contributed by atoms with E-state index in [1.165, 1.54) is 17.7 Å².